The van der Waals surface area contributed by atoms with E-state index >= 15 is 0 Å². The average molecular weight is 346 g/mol. The summed E-state index contributed by atoms with van der Waals surface area (Å²) in [6.45, 7) is 4.84. The van der Waals surface area contributed by atoms with E-state index in [9.17, 15) is 8.42 Å². The lowest BCUT2D eigenvalue weighted by Crippen LogP contribution is -2.42. The first-order valence-corrected chi connectivity index (χ1v) is 9.93. The smallest absolute Gasteiger partial charge is 0.243 e. The first-order chi connectivity index (χ1) is 11.5. The first-order valence-electron chi connectivity index (χ1n) is 8.49. The fraction of sp³-hybridized carbons (Fsp3) is 0.529. The van der Waals surface area contributed by atoms with Gasteiger partial charge in [0.25, 0.3) is 0 Å². The number of hydrogen-bond acceptors (Lipinski definition) is 4. The van der Waals surface area contributed by atoms with Crippen molar-refractivity contribution in [3.8, 4) is 0 Å². The lowest BCUT2D eigenvalue weighted by molar-refractivity contribution is 0.313. The van der Waals surface area contributed by atoms with Crippen molar-refractivity contribution in [2.75, 3.05) is 0 Å². The van der Waals surface area contributed by atoms with Crippen molar-refractivity contribution < 1.29 is 8.42 Å². The van der Waals surface area contributed by atoms with Gasteiger partial charge in [-0.25, -0.2) is 8.42 Å². The molecule has 128 valence electrons. The summed E-state index contributed by atoms with van der Waals surface area (Å²) in [4.78, 5) is 0.378. The Morgan fingerprint density at radius 1 is 1.08 bits per heavy atom. The summed E-state index contributed by atoms with van der Waals surface area (Å²) in [5, 5.41) is 8.66. The number of hydrogen-bond donors (Lipinski definition) is 0. The minimum absolute atomic E-state index is 0.0186. The molecule has 3 heterocycles. The fourth-order valence-corrected chi connectivity index (χ4v) is 5.84. The van der Waals surface area contributed by atoms with E-state index in [1.54, 1.807) is 28.6 Å². The van der Waals surface area contributed by atoms with Crippen LogP contribution in [-0.4, -0.2) is 39.6 Å². The van der Waals surface area contributed by atoms with Gasteiger partial charge in [-0.15, -0.1) is 10.2 Å². The predicted octanol–water partition coefficient (Wildman–Crippen LogP) is 2.18. The van der Waals surface area contributed by atoms with Gasteiger partial charge in [0, 0.05) is 31.0 Å². The second-order valence-electron chi connectivity index (χ2n) is 6.98. The topological polar surface area (TPSA) is 68.1 Å². The number of nitrogens with zero attached hydrogens (tertiary/aromatic N) is 4. The van der Waals surface area contributed by atoms with Crippen molar-refractivity contribution in [3.63, 3.8) is 0 Å². The average Bonchev–Trinajstić information content (AvgIpc) is 3.08. The first kappa shape index (κ1) is 15.8. The Kier molecular flexibility index (Phi) is 3.73. The molecule has 1 aromatic heterocycles. The zero-order valence-corrected chi connectivity index (χ0v) is 14.8. The molecule has 6 nitrogen and oxygen atoms in total. The third kappa shape index (κ3) is 2.38. The Morgan fingerprint density at radius 2 is 1.79 bits per heavy atom. The van der Waals surface area contributed by atoms with Gasteiger partial charge in [-0.2, -0.15) is 4.31 Å². The summed E-state index contributed by atoms with van der Waals surface area (Å²) in [5.41, 5.74) is 0. The summed E-state index contributed by atoms with van der Waals surface area (Å²) >= 11 is 0. The molecule has 0 spiro atoms. The highest BCUT2D eigenvalue weighted by atomic mass is 32.2. The number of aromatic nitrogens is 3. The van der Waals surface area contributed by atoms with E-state index in [2.05, 4.69) is 28.6 Å². The third-order valence-electron chi connectivity index (χ3n) is 5.06. The number of rotatable bonds is 3. The van der Waals surface area contributed by atoms with Crippen LogP contribution < -0.4 is 0 Å². The summed E-state index contributed by atoms with van der Waals surface area (Å²) < 4.78 is 30.2. The molecule has 2 aromatic rings. The largest absolute Gasteiger partial charge is 0.313 e. The molecule has 24 heavy (non-hydrogen) atoms. The van der Waals surface area contributed by atoms with E-state index in [0.29, 0.717) is 17.9 Å². The molecule has 0 amide bonds. The van der Waals surface area contributed by atoms with E-state index in [1.165, 1.54) is 0 Å². The van der Waals surface area contributed by atoms with Gasteiger partial charge in [0.15, 0.2) is 0 Å². The van der Waals surface area contributed by atoms with Crippen LogP contribution in [0.2, 0.25) is 0 Å². The standard InChI is InChI=1S/C17H22N4O2S/c1-12(2)17-19-18-16-10-13-8-9-14(11-20(16)17)21(13)24(22,23)15-6-4-3-5-7-15/h3-7,12-14H,8-11H2,1-2H3/t13-,14+/m0/s1. The third-order valence-corrected chi connectivity index (χ3v) is 7.07. The van der Waals surface area contributed by atoms with Gasteiger partial charge < -0.3 is 4.57 Å². The fourth-order valence-electron chi connectivity index (χ4n) is 3.96. The summed E-state index contributed by atoms with van der Waals surface area (Å²) in [7, 11) is -3.48. The molecule has 1 fully saturated rings. The van der Waals surface area contributed by atoms with Gasteiger partial charge in [0.1, 0.15) is 11.6 Å². The summed E-state index contributed by atoms with van der Waals surface area (Å²) in [6, 6.07) is 8.71. The van der Waals surface area contributed by atoms with Gasteiger partial charge in [-0.05, 0) is 25.0 Å². The van der Waals surface area contributed by atoms with Gasteiger partial charge in [-0.1, -0.05) is 32.0 Å². The quantitative estimate of drug-likeness (QED) is 0.854. The molecule has 2 bridgehead atoms. The molecule has 2 atom stereocenters. The highest BCUT2D eigenvalue weighted by Crippen LogP contribution is 2.36. The number of fused-ring (bicyclic) bond motifs is 3. The van der Waals surface area contributed by atoms with Crippen LogP contribution in [0.5, 0.6) is 0 Å². The van der Waals surface area contributed by atoms with Gasteiger partial charge in [0.05, 0.1) is 4.90 Å². The van der Waals surface area contributed by atoms with Crippen LogP contribution in [0.4, 0.5) is 0 Å². The molecule has 1 aromatic carbocycles. The van der Waals surface area contributed by atoms with E-state index in [0.717, 1.165) is 24.5 Å². The van der Waals surface area contributed by atoms with Crippen molar-refractivity contribution in [1.29, 1.82) is 0 Å². The van der Waals surface area contributed by atoms with Crippen LogP contribution in [-0.2, 0) is 23.0 Å². The lowest BCUT2D eigenvalue weighted by atomic mass is 10.1. The van der Waals surface area contributed by atoms with Crippen LogP contribution in [0.25, 0.3) is 0 Å². The molecule has 4 rings (SSSR count). The second kappa shape index (κ2) is 5.67. The van der Waals surface area contributed by atoms with Crippen LogP contribution in [0.1, 0.15) is 44.3 Å². The normalized spacial score (nSPS) is 24.1. The minimum Gasteiger partial charge on any atom is -0.313 e. The summed E-state index contributed by atoms with van der Waals surface area (Å²) in [6.07, 6.45) is 2.43. The molecule has 7 heteroatoms. The van der Waals surface area contributed by atoms with Gasteiger partial charge in [0.2, 0.25) is 10.0 Å². The molecule has 0 saturated carbocycles. The highest BCUT2D eigenvalue weighted by Gasteiger charge is 2.45. The molecule has 0 radical (unpaired) electrons. The number of sulfonamides is 1. The van der Waals surface area contributed by atoms with Crippen molar-refractivity contribution in [1.82, 2.24) is 19.1 Å². The Labute approximate surface area is 142 Å². The second-order valence-corrected chi connectivity index (χ2v) is 8.82. The minimum atomic E-state index is -3.48. The Balaban J connectivity index is 1.74. The van der Waals surface area contributed by atoms with E-state index in [4.69, 9.17) is 0 Å². The Morgan fingerprint density at radius 3 is 2.50 bits per heavy atom. The molecular weight excluding hydrogens is 324 g/mol. The molecule has 1 saturated heterocycles. The van der Waals surface area contributed by atoms with E-state index in [-0.39, 0.29) is 18.0 Å². The zero-order chi connectivity index (χ0) is 16.9. The highest BCUT2D eigenvalue weighted by molar-refractivity contribution is 7.89. The molecule has 0 aliphatic carbocycles. The van der Waals surface area contributed by atoms with Crippen LogP contribution in [0.15, 0.2) is 35.2 Å². The Hall–Kier alpha value is -1.73. The molecule has 0 unspecified atom stereocenters. The van der Waals surface area contributed by atoms with Gasteiger partial charge >= 0.3 is 0 Å². The van der Waals surface area contributed by atoms with Crippen molar-refractivity contribution in [2.24, 2.45) is 0 Å². The monoisotopic (exact) mass is 346 g/mol. The van der Waals surface area contributed by atoms with Gasteiger partial charge in [-0.3, -0.25) is 0 Å². The van der Waals surface area contributed by atoms with Crippen LogP contribution >= 0.6 is 0 Å². The Bertz CT molecular complexity index is 845. The maximum atomic E-state index is 13.2. The van der Waals surface area contributed by atoms with Crippen molar-refractivity contribution in [3.05, 3.63) is 42.0 Å². The number of benzene rings is 1. The maximum absolute atomic E-state index is 13.2. The molecule has 2 aliphatic rings. The van der Waals surface area contributed by atoms with E-state index in [1.807, 2.05) is 6.07 Å². The lowest BCUT2D eigenvalue weighted by Gasteiger charge is -2.27. The van der Waals surface area contributed by atoms with Crippen molar-refractivity contribution in [2.45, 2.75) is 62.6 Å². The summed E-state index contributed by atoms with van der Waals surface area (Å²) in [5.74, 6) is 2.15. The zero-order valence-electron chi connectivity index (χ0n) is 14.0. The van der Waals surface area contributed by atoms with Crippen molar-refractivity contribution >= 4 is 10.0 Å². The SMILES string of the molecule is CC(C)c1nnc2n1C[C@H]1CC[C@@H](C2)N1S(=O)(=O)c1ccccc1. The molecular formula is C17H22N4O2S. The predicted molar refractivity (Wildman–Crippen MR) is 90.1 cm³/mol. The van der Waals surface area contributed by atoms with Crippen LogP contribution in [0, 0.1) is 0 Å². The van der Waals surface area contributed by atoms with E-state index < -0.39 is 10.0 Å². The molecule has 0 N–H and O–H groups in total. The van der Waals surface area contributed by atoms with Crippen LogP contribution in [0.3, 0.4) is 0 Å². The molecule has 2 aliphatic heterocycles. The maximum Gasteiger partial charge on any atom is 0.243 e.